The third-order valence-electron chi connectivity index (χ3n) is 2.23. The van der Waals surface area contributed by atoms with Gasteiger partial charge >= 0.3 is 0 Å². The van der Waals surface area contributed by atoms with E-state index in [-0.39, 0.29) is 5.91 Å². The van der Waals surface area contributed by atoms with Crippen molar-refractivity contribution in [3.8, 4) is 0 Å². The maximum absolute atomic E-state index is 11.6. The molecule has 0 unspecified atom stereocenters. The molecule has 5 heteroatoms. The average Bonchev–Trinajstić information content (AvgIpc) is 2.58. The summed E-state index contributed by atoms with van der Waals surface area (Å²) in [4.78, 5) is 12.3. The Bertz CT molecular complexity index is 493. The minimum atomic E-state index is -0.101. The van der Waals surface area contributed by atoms with E-state index in [0.29, 0.717) is 9.23 Å². The second-order valence-corrected chi connectivity index (χ2v) is 5.91. The van der Waals surface area contributed by atoms with Crippen molar-refractivity contribution in [3.05, 3.63) is 39.2 Å². The second-order valence-electron chi connectivity index (χ2n) is 3.30. The Morgan fingerprint density at radius 1 is 1.38 bits per heavy atom. The van der Waals surface area contributed by atoms with Crippen LogP contribution < -0.4 is 5.32 Å². The number of benzene rings is 1. The van der Waals surface area contributed by atoms with Crippen molar-refractivity contribution in [3.63, 3.8) is 0 Å². The van der Waals surface area contributed by atoms with Crippen molar-refractivity contribution < 1.29 is 4.79 Å². The van der Waals surface area contributed by atoms with Gasteiger partial charge in [-0.15, -0.1) is 0 Å². The molecule has 0 bridgehead atoms. The number of carbonyl (C=O) groups is 1. The van der Waals surface area contributed by atoms with E-state index in [1.54, 1.807) is 0 Å². The first-order valence-corrected chi connectivity index (χ1v) is 6.59. The van der Waals surface area contributed by atoms with E-state index >= 15 is 0 Å². The van der Waals surface area contributed by atoms with Crippen LogP contribution in [-0.4, -0.2) is 10.2 Å². The van der Waals surface area contributed by atoms with Gasteiger partial charge in [0.2, 0.25) is 0 Å². The van der Waals surface area contributed by atoms with Gasteiger partial charge in [0.15, 0.2) is 0 Å². The van der Waals surface area contributed by atoms with Gasteiger partial charge in [-0.25, -0.2) is 0 Å². The fourth-order valence-electron chi connectivity index (χ4n) is 1.39. The summed E-state index contributed by atoms with van der Waals surface area (Å²) >= 11 is 9.65. The molecule has 0 atom stereocenters. The fourth-order valence-corrected chi connectivity index (χ4v) is 2.74. The molecule has 1 amide bonds. The lowest BCUT2D eigenvalue weighted by atomic mass is 10.1. The summed E-state index contributed by atoms with van der Waals surface area (Å²) in [5.41, 5.74) is 1.99. The number of hydrogen-bond donors (Lipinski definition) is 1. The molecule has 0 aromatic heterocycles. The SMILES string of the molecule is C/C(=C1\SC(=S)NC1=O)c1ccc(Br)cc1. The van der Waals surface area contributed by atoms with E-state index < -0.39 is 0 Å². The number of thioether (sulfide) groups is 1. The van der Waals surface area contributed by atoms with E-state index in [1.165, 1.54) is 11.8 Å². The van der Waals surface area contributed by atoms with Gasteiger partial charge in [-0.1, -0.05) is 52.0 Å². The first-order chi connectivity index (χ1) is 7.58. The standard InChI is InChI=1S/C11H8BrNOS2/c1-6(7-2-4-8(12)5-3-7)9-10(14)13-11(15)16-9/h2-5H,1H3,(H,13,14,15)/b9-6+. The smallest absolute Gasteiger partial charge is 0.263 e. The third-order valence-corrected chi connectivity index (χ3v) is 4.10. The van der Waals surface area contributed by atoms with Crippen LogP contribution in [0.5, 0.6) is 0 Å². The summed E-state index contributed by atoms with van der Waals surface area (Å²) in [6, 6.07) is 7.85. The molecule has 16 heavy (non-hydrogen) atoms. The van der Waals surface area contributed by atoms with Gasteiger partial charge in [0.25, 0.3) is 5.91 Å². The van der Waals surface area contributed by atoms with E-state index in [2.05, 4.69) is 21.2 Å². The molecule has 1 N–H and O–H groups in total. The van der Waals surface area contributed by atoms with E-state index in [0.717, 1.165) is 15.6 Å². The Balaban J connectivity index is 2.41. The molecule has 1 heterocycles. The Kier molecular flexibility index (Phi) is 3.47. The van der Waals surface area contributed by atoms with Crippen LogP contribution in [0.3, 0.4) is 0 Å². The van der Waals surface area contributed by atoms with Crippen LogP contribution >= 0.6 is 39.9 Å². The summed E-state index contributed by atoms with van der Waals surface area (Å²) in [7, 11) is 0. The molecule has 1 aliphatic heterocycles. The van der Waals surface area contributed by atoms with Crippen LogP contribution in [0, 0.1) is 0 Å². The first kappa shape index (κ1) is 11.8. The summed E-state index contributed by atoms with van der Waals surface area (Å²) in [6.45, 7) is 1.93. The maximum Gasteiger partial charge on any atom is 0.263 e. The zero-order valence-corrected chi connectivity index (χ0v) is 11.6. The number of thiocarbonyl (C=S) groups is 1. The zero-order chi connectivity index (χ0) is 11.7. The van der Waals surface area contributed by atoms with Gasteiger partial charge in [-0.2, -0.15) is 0 Å². The lowest BCUT2D eigenvalue weighted by molar-refractivity contribution is -0.115. The molecule has 1 saturated heterocycles. The van der Waals surface area contributed by atoms with Crippen molar-refractivity contribution in [1.82, 2.24) is 5.32 Å². The minimum Gasteiger partial charge on any atom is -0.307 e. The van der Waals surface area contributed by atoms with Crippen molar-refractivity contribution in [2.45, 2.75) is 6.92 Å². The quantitative estimate of drug-likeness (QED) is 0.637. The molecule has 82 valence electrons. The number of nitrogens with one attached hydrogen (secondary N) is 1. The van der Waals surface area contributed by atoms with Crippen molar-refractivity contribution in [2.75, 3.05) is 0 Å². The topological polar surface area (TPSA) is 29.1 Å². The van der Waals surface area contributed by atoms with Crippen molar-refractivity contribution in [1.29, 1.82) is 0 Å². The Labute approximate surface area is 112 Å². The zero-order valence-electron chi connectivity index (χ0n) is 8.41. The van der Waals surface area contributed by atoms with E-state index in [9.17, 15) is 4.79 Å². The third kappa shape index (κ3) is 2.36. The van der Waals surface area contributed by atoms with E-state index in [1.807, 2.05) is 31.2 Å². The monoisotopic (exact) mass is 313 g/mol. The number of rotatable bonds is 1. The molecule has 0 saturated carbocycles. The summed E-state index contributed by atoms with van der Waals surface area (Å²) in [5.74, 6) is -0.101. The molecule has 1 aromatic rings. The Morgan fingerprint density at radius 3 is 2.50 bits per heavy atom. The van der Waals surface area contributed by atoms with Crippen LogP contribution in [0.1, 0.15) is 12.5 Å². The number of amides is 1. The summed E-state index contributed by atoms with van der Waals surface area (Å²) in [5, 5.41) is 2.62. The molecule has 1 fully saturated rings. The van der Waals surface area contributed by atoms with Crippen LogP contribution in [0.25, 0.3) is 5.57 Å². The molecule has 2 nitrogen and oxygen atoms in total. The number of halogens is 1. The molecule has 0 radical (unpaired) electrons. The highest BCUT2D eigenvalue weighted by molar-refractivity contribution is 9.10. The first-order valence-electron chi connectivity index (χ1n) is 4.58. The van der Waals surface area contributed by atoms with Crippen LogP contribution in [0.4, 0.5) is 0 Å². The highest BCUT2D eigenvalue weighted by Gasteiger charge is 2.24. The Morgan fingerprint density at radius 2 is 2.00 bits per heavy atom. The lowest BCUT2D eigenvalue weighted by Crippen LogP contribution is -2.18. The molecule has 1 aromatic carbocycles. The fraction of sp³-hybridized carbons (Fsp3) is 0.0909. The molecular formula is C11H8BrNOS2. The molecule has 0 spiro atoms. The van der Waals surface area contributed by atoms with Crippen molar-refractivity contribution >= 4 is 55.7 Å². The van der Waals surface area contributed by atoms with Crippen LogP contribution in [0.2, 0.25) is 0 Å². The van der Waals surface area contributed by atoms with Crippen LogP contribution in [0.15, 0.2) is 33.6 Å². The van der Waals surface area contributed by atoms with Gasteiger partial charge in [0, 0.05) is 4.47 Å². The number of allylic oxidation sites excluding steroid dienone is 1. The number of hydrogen-bond acceptors (Lipinski definition) is 3. The predicted octanol–water partition coefficient (Wildman–Crippen LogP) is 3.33. The van der Waals surface area contributed by atoms with Gasteiger partial charge in [0.1, 0.15) is 4.32 Å². The normalized spacial score (nSPS) is 18.6. The van der Waals surface area contributed by atoms with Crippen molar-refractivity contribution in [2.24, 2.45) is 0 Å². The average molecular weight is 314 g/mol. The highest BCUT2D eigenvalue weighted by atomic mass is 79.9. The van der Waals surface area contributed by atoms with E-state index in [4.69, 9.17) is 12.2 Å². The van der Waals surface area contributed by atoms with Gasteiger partial charge in [-0.05, 0) is 30.2 Å². The summed E-state index contributed by atoms with van der Waals surface area (Å²) in [6.07, 6.45) is 0. The predicted molar refractivity (Wildman–Crippen MR) is 75.1 cm³/mol. The molecule has 2 rings (SSSR count). The molecule has 1 aliphatic rings. The van der Waals surface area contributed by atoms with Crippen LogP contribution in [-0.2, 0) is 4.79 Å². The number of carbonyl (C=O) groups excluding carboxylic acids is 1. The van der Waals surface area contributed by atoms with Gasteiger partial charge < -0.3 is 5.32 Å². The maximum atomic E-state index is 11.6. The van der Waals surface area contributed by atoms with Gasteiger partial charge in [-0.3, -0.25) is 4.79 Å². The summed E-state index contributed by atoms with van der Waals surface area (Å²) < 4.78 is 1.55. The second kappa shape index (κ2) is 4.69. The van der Waals surface area contributed by atoms with Gasteiger partial charge in [0.05, 0.1) is 4.91 Å². The molecular weight excluding hydrogens is 306 g/mol. The lowest BCUT2D eigenvalue weighted by Gasteiger charge is -2.03. The largest absolute Gasteiger partial charge is 0.307 e. The minimum absolute atomic E-state index is 0.101. The highest BCUT2D eigenvalue weighted by Crippen LogP contribution is 2.31. The molecule has 0 aliphatic carbocycles. The Hall–Kier alpha value is -0.650.